The second kappa shape index (κ2) is 9.64. The molecule has 0 saturated carbocycles. The van der Waals surface area contributed by atoms with Gasteiger partial charge in [0.25, 0.3) is 0 Å². The molecule has 1 unspecified atom stereocenters. The molecule has 0 aliphatic carbocycles. The molecule has 0 aromatic rings. The Balaban J connectivity index is 4.06. The molecule has 0 rings (SSSR count). The van der Waals surface area contributed by atoms with Crippen LogP contribution in [0.15, 0.2) is 12.7 Å². The number of carbonyl (C=O) groups excluding carboxylic acids is 2. The Morgan fingerprint density at radius 3 is 2.41 bits per heavy atom. The molecule has 0 aromatic carbocycles. The average molecular weight is 316 g/mol. The van der Waals surface area contributed by atoms with Gasteiger partial charge < -0.3 is 25.2 Å². The summed E-state index contributed by atoms with van der Waals surface area (Å²) in [5.41, 5.74) is -0.593. The van der Waals surface area contributed by atoms with Gasteiger partial charge in [-0.2, -0.15) is 0 Å². The van der Waals surface area contributed by atoms with Crippen LogP contribution in [0.1, 0.15) is 33.6 Å². The predicted molar refractivity (Wildman–Crippen MR) is 79.6 cm³/mol. The van der Waals surface area contributed by atoms with Crippen LogP contribution in [-0.4, -0.2) is 48.1 Å². The van der Waals surface area contributed by atoms with E-state index in [1.807, 2.05) is 0 Å². The van der Waals surface area contributed by atoms with Gasteiger partial charge in [0.1, 0.15) is 18.2 Å². The molecule has 3 N–H and O–H groups in total. The monoisotopic (exact) mass is 316 g/mol. The Morgan fingerprint density at radius 2 is 1.91 bits per heavy atom. The fourth-order valence-electron chi connectivity index (χ4n) is 1.39. The van der Waals surface area contributed by atoms with Crippen LogP contribution >= 0.6 is 0 Å². The summed E-state index contributed by atoms with van der Waals surface area (Å²) in [6.07, 6.45) is 0.483. The number of hydrogen-bond acceptors (Lipinski definition) is 5. The fraction of sp³-hybridized carbons (Fsp3) is 0.643. The van der Waals surface area contributed by atoms with Crippen molar-refractivity contribution < 1.29 is 29.0 Å². The quantitative estimate of drug-likeness (QED) is 0.463. The van der Waals surface area contributed by atoms with E-state index in [9.17, 15) is 14.4 Å². The number of nitrogens with one attached hydrogen (secondary N) is 2. The highest BCUT2D eigenvalue weighted by molar-refractivity contribution is 5.79. The van der Waals surface area contributed by atoms with E-state index in [0.717, 1.165) is 0 Å². The summed E-state index contributed by atoms with van der Waals surface area (Å²) >= 11 is 0. The molecule has 0 aliphatic heterocycles. The van der Waals surface area contributed by atoms with Crippen LogP contribution in [-0.2, 0) is 14.3 Å². The molecule has 8 heteroatoms. The van der Waals surface area contributed by atoms with Crippen molar-refractivity contribution in [2.75, 3.05) is 13.2 Å². The molecule has 0 radical (unpaired) electrons. The normalized spacial score (nSPS) is 12.0. The van der Waals surface area contributed by atoms with E-state index in [1.165, 1.54) is 6.08 Å². The smallest absolute Gasteiger partial charge is 0.408 e. The lowest BCUT2D eigenvalue weighted by atomic mass is 10.1. The van der Waals surface area contributed by atoms with Gasteiger partial charge in [0, 0.05) is 6.54 Å². The van der Waals surface area contributed by atoms with Crippen molar-refractivity contribution in [3.63, 3.8) is 0 Å². The van der Waals surface area contributed by atoms with Gasteiger partial charge in [0.15, 0.2) is 0 Å². The first-order valence-corrected chi connectivity index (χ1v) is 6.89. The van der Waals surface area contributed by atoms with E-state index in [0.29, 0.717) is 6.42 Å². The number of carboxylic acids is 1. The number of alkyl carbamates (subject to hydrolysis) is 2. The number of hydrogen-bond donors (Lipinski definition) is 3. The Bertz CT molecular complexity index is 403. The Kier molecular flexibility index (Phi) is 8.66. The molecule has 126 valence electrons. The van der Waals surface area contributed by atoms with Gasteiger partial charge in [-0.15, -0.1) is 0 Å². The lowest BCUT2D eigenvalue weighted by Gasteiger charge is -2.20. The second-order valence-electron chi connectivity index (χ2n) is 5.49. The molecule has 2 amide bonds. The summed E-state index contributed by atoms with van der Waals surface area (Å²) < 4.78 is 9.69. The number of rotatable bonds is 8. The highest BCUT2D eigenvalue weighted by Gasteiger charge is 2.20. The van der Waals surface area contributed by atoms with Crippen molar-refractivity contribution >= 4 is 18.2 Å². The van der Waals surface area contributed by atoms with E-state index in [2.05, 4.69) is 21.9 Å². The highest BCUT2D eigenvalue weighted by Crippen LogP contribution is 2.06. The third-order valence-corrected chi connectivity index (χ3v) is 2.26. The maximum atomic E-state index is 11.4. The van der Waals surface area contributed by atoms with E-state index >= 15 is 0 Å². The third kappa shape index (κ3) is 10.5. The van der Waals surface area contributed by atoms with Gasteiger partial charge in [0.2, 0.25) is 0 Å². The van der Waals surface area contributed by atoms with Gasteiger partial charge in [-0.05, 0) is 33.6 Å². The summed E-state index contributed by atoms with van der Waals surface area (Å²) in [6.45, 7) is 8.84. The third-order valence-electron chi connectivity index (χ3n) is 2.26. The molecular formula is C14H24N2O6. The van der Waals surface area contributed by atoms with Crippen LogP contribution in [0.25, 0.3) is 0 Å². The van der Waals surface area contributed by atoms with E-state index < -0.39 is 29.8 Å². The zero-order valence-electron chi connectivity index (χ0n) is 13.2. The van der Waals surface area contributed by atoms with Crippen molar-refractivity contribution in [3.8, 4) is 0 Å². The minimum atomic E-state index is -1.17. The first kappa shape index (κ1) is 19.8. The molecular weight excluding hydrogens is 292 g/mol. The topological polar surface area (TPSA) is 114 Å². The van der Waals surface area contributed by atoms with Crippen molar-refractivity contribution in [2.45, 2.75) is 45.3 Å². The SMILES string of the molecule is C=CCOC(=O)NC(CCCNC(=O)OC(C)(C)C)C(=O)O. The van der Waals surface area contributed by atoms with Crippen molar-refractivity contribution in [1.82, 2.24) is 10.6 Å². The van der Waals surface area contributed by atoms with Crippen LogP contribution in [0.3, 0.4) is 0 Å². The molecule has 0 fully saturated rings. The summed E-state index contributed by atoms with van der Waals surface area (Å²) in [6, 6.07) is -1.09. The standard InChI is InChI=1S/C14H24N2O6/c1-5-9-21-13(20)16-10(11(17)18)7-6-8-15-12(19)22-14(2,3)4/h5,10H,1,6-9H2,2-4H3,(H,15,19)(H,16,20)(H,17,18). The fourth-order valence-corrected chi connectivity index (χ4v) is 1.39. The van der Waals surface area contributed by atoms with E-state index in [1.54, 1.807) is 20.8 Å². The first-order valence-electron chi connectivity index (χ1n) is 6.89. The van der Waals surface area contributed by atoms with Gasteiger partial charge >= 0.3 is 18.2 Å². The maximum absolute atomic E-state index is 11.4. The molecule has 0 aliphatic rings. The number of amides is 2. The van der Waals surface area contributed by atoms with E-state index in [-0.39, 0.29) is 19.6 Å². The number of carbonyl (C=O) groups is 3. The second-order valence-corrected chi connectivity index (χ2v) is 5.49. The lowest BCUT2D eigenvalue weighted by molar-refractivity contribution is -0.139. The lowest BCUT2D eigenvalue weighted by Crippen LogP contribution is -2.41. The Labute approximate surface area is 129 Å². The molecule has 22 heavy (non-hydrogen) atoms. The summed E-state index contributed by atoms with van der Waals surface area (Å²) in [5.74, 6) is -1.17. The van der Waals surface area contributed by atoms with Crippen LogP contribution in [0.4, 0.5) is 9.59 Å². The largest absolute Gasteiger partial charge is 0.480 e. The first-order chi connectivity index (χ1) is 10.2. The van der Waals surface area contributed by atoms with E-state index in [4.69, 9.17) is 9.84 Å². The van der Waals surface area contributed by atoms with Crippen molar-refractivity contribution in [2.24, 2.45) is 0 Å². The summed E-state index contributed by atoms with van der Waals surface area (Å²) in [7, 11) is 0. The van der Waals surface area contributed by atoms with Gasteiger partial charge in [0.05, 0.1) is 0 Å². The minimum Gasteiger partial charge on any atom is -0.480 e. The van der Waals surface area contributed by atoms with Crippen LogP contribution in [0, 0.1) is 0 Å². The molecule has 8 nitrogen and oxygen atoms in total. The Morgan fingerprint density at radius 1 is 1.27 bits per heavy atom. The zero-order valence-corrected chi connectivity index (χ0v) is 13.2. The van der Waals surface area contributed by atoms with Gasteiger partial charge in [-0.1, -0.05) is 12.7 Å². The molecule has 0 heterocycles. The zero-order chi connectivity index (χ0) is 17.2. The van der Waals surface area contributed by atoms with Crippen LogP contribution in [0.5, 0.6) is 0 Å². The number of aliphatic carboxylic acids is 1. The molecule has 0 aromatic heterocycles. The number of carboxylic acid groups (broad SMARTS) is 1. The molecule has 1 atom stereocenters. The summed E-state index contributed by atoms with van der Waals surface area (Å²) in [4.78, 5) is 33.7. The van der Waals surface area contributed by atoms with Gasteiger partial charge in [-0.3, -0.25) is 0 Å². The molecule has 0 saturated heterocycles. The molecule has 0 spiro atoms. The van der Waals surface area contributed by atoms with Crippen molar-refractivity contribution in [3.05, 3.63) is 12.7 Å². The average Bonchev–Trinajstić information content (AvgIpc) is 2.37. The van der Waals surface area contributed by atoms with Crippen LogP contribution < -0.4 is 10.6 Å². The minimum absolute atomic E-state index is 0.00162. The highest BCUT2D eigenvalue weighted by atomic mass is 16.6. The van der Waals surface area contributed by atoms with Crippen molar-refractivity contribution in [1.29, 1.82) is 0 Å². The molecule has 0 bridgehead atoms. The van der Waals surface area contributed by atoms with Crippen LogP contribution in [0.2, 0.25) is 0 Å². The number of ether oxygens (including phenoxy) is 2. The van der Waals surface area contributed by atoms with Gasteiger partial charge in [-0.25, -0.2) is 14.4 Å². The maximum Gasteiger partial charge on any atom is 0.408 e. The predicted octanol–water partition coefficient (Wildman–Crippen LogP) is 1.66. The summed E-state index contributed by atoms with van der Waals surface area (Å²) in [5, 5.41) is 13.7. The Hall–Kier alpha value is -2.25.